The third kappa shape index (κ3) is 4.47. The summed E-state index contributed by atoms with van der Waals surface area (Å²) in [5.41, 5.74) is 2.52. The Bertz CT molecular complexity index is 1060. The summed E-state index contributed by atoms with van der Waals surface area (Å²) in [6.45, 7) is 5.32. The maximum Gasteiger partial charge on any atom is 0.264 e. The highest BCUT2D eigenvalue weighted by molar-refractivity contribution is 5.95. The highest BCUT2D eigenvalue weighted by atomic mass is 19.1. The van der Waals surface area contributed by atoms with Crippen LogP contribution in [0.2, 0.25) is 0 Å². The highest BCUT2D eigenvalue weighted by Gasteiger charge is 2.38. The molecule has 4 rings (SSSR count). The Balaban J connectivity index is 1.45. The van der Waals surface area contributed by atoms with Gasteiger partial charge < -0.3 is 10.6 Å². The highest BCUT2D eigenvalue weighted by Crippen LogP contribution is 2.30. The number of nitrogens with one attached hydrogen (secondary N) is 2. The molecule has 3 amide bonds. The number of rotatable bonds is 5. The quantitative estimate of drug-likeness (QED) is 0.746. The molecule has 2 aromatic rings. The van der Waals surface area contributed by atoms with Crippen LogP contribution in [0.3, 0.4) is 0 Å². The first-order valence-electron chi connectivity index (χ1n) is 10.7. The molecule has 1 aromatic heterocycles. The zero-order valence-electron chi connectivity index (χ0n) is 18.1. The van der Waals surface area contributed by atoms with Gasteiger partial charge in [-0.3, -0.25) is 24.4 Å². The number of hydrogen-bond acceptors (Lipinski definition) is 5. The third-order valence-corrected chi connectivity index (χ3v) is 5.90. The molecule has 1 aromatic carbocycles. The van der Waals surface area contributed by atoms with Crippen LogP contribution in [0.15, 0.2) is 36.5 Å². The van der Waals surface area contributed by atoms with Gasteiger partial charge in [-0.15, -0.1) is 0 Å². The first-order chi connectivity index (χ1) is 15.3. The average Bonchev–Trinajstić information content (AvgIpc) is 3.18. The van der Waals surface area contributed by atoms with Crippen LogP contribution in [-0.4, -0.2) is 45.8 Å². The summed E-state index contributed by atoms with van der Waals surface area (Å²) in [5, 5.41) is 9.18. The molecule has 2 aliphatic heterocycles. The van der Waals surface area contributed by atoms with Gasteiger partial charge in [-0.05, 0) is 24.5 Å². The number of nitrogens with zero attached hydrogens (tertiary/aromatic N) is 3. The van der Waals surface area contributed by atoms with E-state index in [1.165, 1.54) is 6.07 Å². The second-order valence-electron chi connectivity index (χ2n) is 8.28. The molecule has 0 radical (unpaired) electrons. The number of hydrogen-bond donors (Lipinski definition) is 2. The Labute approximate surface area is 185 Å². The Morgan fingerprint density at radius 2 is 2.06 bits per heavy atom. The molecule has 0 aliphatic carbocycles. The van der Waals surface area contributed by atoms with E-state index in [0.717, 1.165) is 30.3 Å². The van der Waals surface area contributed by atoms with Gasteiger partial charge in [-0.25, -0.2) is 9.40 Å². The number of aromatic nitrogens is 1. The van der Waals surface area contributed by atoms with Gasteiger partial charge in [0.05, 0.1) is 17.6 Å². The molecular weight excluding hydrogens is 413 g/mol. The van der Waals surface area contributed by atoms with Crippen LogP contribution >= 0.6 is 0 Å². The van der Waals surface area contributed by atoms with E-state index < -0.39 is 29.6 Å². The van der Waals surface area contributed by atoms with Gasteiger partial charge in [0.2, 0.25) is 11.8 Å². The Hall–Kier alpha value is -3.33. The van der Waals surface area contributed by atoms with Crippen LogP contribution in [0.1, 0.15) is 42.6 Å². The van der Waals surface area contributed by atoms with Gasteiger partial charge in [0.1, 0.15) is 11.9 Å². The van der Waals surface area contributed by atoms with E-state index in [-0.39, 0.29) is 18.0 Å². The molecule has 9 heteroatoms. The van der Waals surface area contributed by atoms with Gasteiger partial charge >= 0.3 is 0 Å². The van der Waals surface area contributed by atoms with Gasteiger partial charge in [0.15, 0.2) is 0 Å². The fourth-order valence-electron chi connectivity index (χ4n) is 4.15. The van der Waals surface area contributed by atoms with Gasteiger partial charge in [-0.1, -0.05) is 31.2 Å². The largest absolute Gasteiger partial charge is 0.340 e. The summed E-state index contributed by atoms with van der Waals surface area (Å²) in [7, 11) is 0. The second kappa shape index (κ2) is 9.04. The van der Waals surface area contributed by atoms with Crippen molar-refractivity contribution in [2.75, 3.05) is 18.4 Å². The molecule has 1 saturated heterocycles. The number of benzene rings is 1. The Kier molecular flexibility index (Phi) is 6.18. The average molecular weight is 439 g/mol. The maximum atomic E-state index is 13.4. The smallest absolute Gasteiger partial charge is 0.264 e. The Morgan fingerprint density at radius 1 is 1.28 bits per heavy atom. The molecule has 2 N–H and O–H groups in total. The predicted molar refractivity (Wildman–Crippen MR) is 115 cm³/mol. The number of carbonyl (C=O) groups excluding carboxylic acids is 3. The van der Waals surface area contributed by atoms with Crippen molar-refractivity contribution in [3.05, 3.63) is 59.2 Å². The summed E-state index contributed by atoms with van der Waals surface area (Å²) < 4.78 is 13.4. The first-order valence-corrected chi connectivity index (χ1v) is 10.7. The van der Waals surface area contributed by atoms with Crippen LogP contribution in [0.25, 0.3) is 0 Å². The van der Waals surface area contributed by atoms with E-state index in [1.54, 1.807) is 18.9 Å². The molecular formula is C23H26FN5O3. The molecule has 0 saturated carbocycles. The third-order valence-electron chi connectivity index (χ3n) is 5.90. The monoisotopic (exact) mass is 439 g/mol. The van der Waals surface area contributed by atoms with Crippen molar-refractivity contribution in [1.82, 2.24) is 20.3 Å². The molecule has 168 valence electrons. The van der Waals surface area contributed by atoms with Crippen LogP contribution in [0, 0.1) is 18.7 Å². The van der Waals surface area contributed by atoms with E-state index in [1.807, 2.05) is 29.3 Å². The van der Waals surface area contributed by atoms with E-state index >= 15 is 0 Å². The minimum atomic E-state index is -0.804. The number of aryl methyl sites for hydroxylation is 1. The van der Waals surface area contributed by atoms with Crippen molar-refractivity contribution >= 4 is 23.4 Å². The SMILES string of the molecule is Cc1ncc(F)cc1NC(=O)C[C@@H](C)C(=O)N[C@@H]1C(=O)N2CCCN2Cc2ccccc21. The Morgan fingerprint density at radius 3 is 2.88 bits per heavy atom. The fraction of sp³-hybridized carbons (Fsp3) is 0.391. The van der Waals surface area contributed by atoms with Crippen molar-refractivity contribution < 1.29 is 18.8 Å². The molecule has 1 fully saturated rings. The summed E-state index contributed by atoms with van der Waals surface area (Å²) in [4.78, 5) is 42.5. The fourth-order valence-corrected chi connectivity index (χ4v) is 4.15. The molecule has 0 spiro atoms. The molecule has 8 nitrogen and oxygen atoms in total. The summed E-state index contributed by atoms with van der Waals surface area (Å²) in [6.07, 6.45) is 1.85. The van der Waals surface area contributed by atoms with E-state index in [9.17, 15) is 18.8 Å². The zero-order valence-corrected chi connectivity index (χ0v) is 18.1. The van der Waals surface area contributed by atoms with Crippen molar-refractivity contribution in [1.29, 1.82) is 0 Å². The topological polar surface area (TPSA) is 94.6 Å². The van der Waals surface area contributed by atoms with Crippen molar-refractivity contribution in [3.63, 3.8) is 0 Å². The zero-order chi connectivity index (χ0) is 22.8. The molecule has 0 bridgehead atoms. The number of amides is 3. The number of halogens is 1. The van der Waals surface area contributed by atoms with Crippen molar-refractivity contribution in [2.45, 2.75) is 39.3 Å². The van der Waals surface area contributed by atoms with Crippen molar-refractivity contribution in [2.24, 2.45) is 5.92 Å². The van der Waals surface area contributed by atoms with E-state index in [0.29, 0.717) is 18.8 Å². The van der Waals surface area contributed by atoms with E-state index in [4.69, 9.17) is 0 Å². The number of carbonyl (C=O) groups is 3. The first kappa shape index (κ1) is 21.9. The summed E-state index contributed by atoms with van der Waals surface area (Å²) in [6, 6.07) is 7.98. The lowest BCUT2D eigenvalue weighted by molar-refractivity contribution is -0.148. The van der Waals surface area contributed by atoms with Crippen LogP contribution in [0.5, 0.6) is 0 Å². The lowest BCUT2D eigenvalue weighted by Gasteiger charge is -2.28. The van der Waals surface area contributed by atoms with Crippen molar-refractivity contribution in [3.8, 4) is 0 Å². The molecule has 0 unspecified atom stereocenters. The molecule has 2 aliphatic rings. The number of pyridine rings is 1. The number of anilines is 1. The van der Waals surface area contributed by atoms with Gasteiger partial charge in [0.25, 0.3) is 5.91 Å². The van der Waals surface area contributed by atoms with E-state index in [2.05, 4.69) is 15.6 Å². The minimum Gasteiger partial charge on any atom is -0.340 e. The van der Waals surface area contributed by atoms with Crippen LogP contribution in [0.4, 0.5) is 10.1 Å². The molecule has 3 heterocycles. The minimum absolute atomic E-state index is 0.111. The van der Waals surface area contributed by atoms with Crippen LogP contribution < -0.4 is 10.6 Å². The molecule has 32 heavy (non-hydrogen) atoms. The van der Waals surface area contributed by atoms with Gasteiger partial charge in [-0.2, -0.15) is 0 Å². The number of hydrazine groups is 1. The lowest BCUT2D eigenvalue weighted by Crippen LogP contribution is -2.46. The predicted octanol–water partition coefficient (Wildman–Crippen LogP) is 2.31. The lowest BCUT2D eigenvalue weighted by atomic mass is 9.98. The maximum absolute atomic E-state index is 13.4. The normalized spacial score (nSPS) is 19.0. The summed E-state index contributed by atoms with van der Waals surface area (Å²) in [5.74, 6) is -2.23. The van der Waals surface area contributed by atoms with Gasteiger partial charge in [0, 0.05) is 38.0 Å². The summed E-state index contributed by atoms with van der Waals surface area (Å²) >= 11 is 0. The van der Waals surface area contributed by atoms with Crippen LogP contribution in [-0.2, 0) is 20.9 Å². The molecule has 2 atom stereocenters. The number of fused-ring (bicyclic) bond motifs is 2. The standard InChI is InChI=1S/C23H26FN5O3/c1-14(10-20(30)26-19-11-17(24)12-25-15(19)2)22(31)27-21-18-7-4-3-6-16(18)13-28-8-5-9-29(28)23(21)32/h3-4,6-7,11-12,14,21H,5,8-10,13H2,1-2H3,(H,26,30)(H,27,31)/t14-,21+/m1/s1. The second-order valence-corrected chi connectivity index (χ2v) is 8.28.